The normalized spacial score (nSPS) is 18.7. The van der Waals surface area contributed by atoms with Gasteiger partial charge >= 0.3 is 6.03 Å². The zero-order valence-corrected chi connectivity index (χ0v) is 32.4. The molecular formula is C36H52N4O5S2Si. The number of hydrogen-bond donors (Lipinski definition) is 3. The van der Waals surface area contributed by atoms with E-state index in [4.69, 9.17) is 9.16 Å². The molecule has 3 N–H and O–H groups in total. The summed E-state index contributed by atoms with van der Waals surface area (Å²) in [7, 11) is -4.12. The van der Waals surface area contributed by atoms with E-state index < -0.39 is 35.9 Å². The molecule has 0 saturated heterocycles. The molecule has 4 unspecified atom stereocenters. The predicted molar refractivity (Wildman–Crippen MR) is 197 cm³/mol. The number of fused-ring (bicyclic) bond motifs is 1. The largest absolute Gasteiger partial charge is 0.497 e. The Labute approximate surface area is 291 Å². The van der Waals surface area contributed by atoms with Crippen LogP contribution < -0.4 is 14.8 Å². The summed E-state index contributed by atoms with van der Waals surface area (Å²) in [6.07, 6.45) is 6.74. The molecule has 2 aliphatic rings. The number of benzene rings is 2. The third-order valence-electron chi connectivity index (χ3n) is 10.3. The summed E-state index contributed by atoms with van der Waals surface area (Å²) in [4.78, 5) is 18.4. The lowest BCUT2D eigenvalue weighted by atomic mass is 9.91. The number of carbonyl (C=O) groups is 1. The van der Waals surface area contributed by atoms with E-state index in [0.29, 0.717) is 22.6 Å². The molecule has 1 aromatic heterocycles. The molecule has 262 valence electrons. The lowest BCUT2D eigenvalue weighted by Crippen LogP contribution is -2.44. The lowest BCUT2D eigenvalue weighted by Gasteiger charge is -2.38. The Balaban J connectivity index is 1.49. The number of hydrogen-bond acceptors (Lipinski definition) is 7. The van der Waals surface area contributed by atoms with E-state index >= 15 is 0 Å². The Kier molecular flexibility index (Phi) is 10.7. The van der Waals surface area contributed by atoms with Crippen molar-refractivity contribution in [2.24, 2.45) is 10.3 Å². The van der Waals surface area contributed by atoms with Crippen LogP contribution in [-0.2, 0) is 32.8 Å². The first-order valence-electron chi connectivity index (χ1n) is 16.9. The van der Waals surface area contributed by atoms with E-state index in [0.717, 1.165) is 53.0 Å². The minimum atomic E-state index is -3.56. The maximum Gasteiger partial charge on any atom is 0.354 e. The molecule has 2 aromatic carbocycles. The van der Waals surface area contributed by atoms with Gasteiger partial charge in [-0.1, -0.05) is 52.0 Å². The Morgan fingerprint density at radius 1 is 1.12 bits per heavy atom. The monoisotopic (exact) mass is 712 g/mol. The predicted octanol–water partition coefficient (Wildman–Crippen LogP) is 8.71. The molecule has 1 fully saturated rings. The van der Waals surface area contributed by atoms with Crippen LogP contribution in [0.15, 0.2) is 51.2 Å². The van der Waals surface area contributed by atoms with Crippen molar-refractivity contribution >= 4 is 41.3 Å². The number of aliphatic hydroxyl groups is 1. The van der Waals surface area contributed by atoms with Crippen LogP contribution in [0.1, 0.15) is 100 Å². The van der Waals surface area contributed by atoms with Gasteiger partial charge in [-0.15, -0.1) is 15.7 Å². The van der Waals surface area contributed by atoms with E-state index in [1.165, 1.54) is 24.6 Å². The van der Waals surface area contributed by atoms with Crippen molar-refractivity contribution in [1.29, 1.82) is 0 Å². The Morgan fingerprint density at radius 2 is 1.81 bits per heavy atom. The fraction of sp³-hybridized carbons (Fsp3) is 0.556. The van der Waals surface area contributed by atoms with Gasteiger partial charge in [0.1, 0.15) is 20.6 Å². The third-order valence-corrected chi connectivity index (χ3v) is 18.5. The van der Waals surface area contributed by atoms with Gasteiger partial charge in [0.25, 0.3) is 0 Å². The van der Waals surface area contributed by atoms with Crippen molar-refractivity contribution in [2.75, 3.05) is 19.0 Å². The highest BCUT2D eigenvalue weighted by Crippen LogP contribution is 2.46. The molecule has 12 heteroatoms. The average molecular weight is 713 g/mol. The molecule has 2 amide bonds. The van der Waals surface area contributed by atoms with Crippen LogP contribution in [0.5, 0.6) is 5.75 Å². The van der Waals surface area contributed by atoms with Gasteiger partial charge in [0.2, 0.25) is 0 Å². The van der Waals surface area contributed by atoms with Crippen LogP contribution in [0.25, 0.3) is 0 Å². The highest BCUT2D eigenvalue weighted by molar-refractivity contribution is 7.94. The summed E-state index contributed by atoms with van der Waals surface area (Å²) < 4.78 is 34.4. The number of nitrogens with zero attached hydrogens (tertiary/aromatic N) is 2. The van der Waals surface area contributed by atoms with E-state index in [9.17, 15) is 14.1 Å². The van der Waals surface area contributed by atoms with Gasteiger partial charge in [-0.25, -0.2) is 18.7 Å². The van der Waals surface area contributed by atoms with Crippen molar-refractivity contribution in [3.05, 3.63) is 69.9 Å². The highest BCUT2D eigenvalue weighted by Gasteiger charge is 2.40. The topological polar surface area (TPSA) is 122 Å². The quantitative estimate of drug-likeness (QED) is 0.162. The van der Waals surface area contributed by atoms with Crippen LogP contribution in [0, 0.1) is 5.92 Å². The Hall–Kier alpha value is -2.61. The molecular weight excluding hydrogens is 661 g/mol. The lowest BCUT2D eigenvalue weighted by molar-refractivity contribution is 0.00244. The fourth-order valence-electron chi connectivity index (χ4n) is 5.87. The first kappa shape index (κ1) is 36.7. The minimum Gasteiger partial charge on any atom is -0.497 e. The second-order valence-electron chi connectivity index (χ2n) is 15.1. The number of nitrogens with one attached hydrogen (secondary N) is 2. The molecule has 1 heterocycles. The number of aromatic nitrogens is 1. The molecule has 2 aliphatic carbocycles. The molecule has 0 radical (unpaired) electrons. The van der Waals surface area contributed by atoms with Gasteiger partial charge in [0.15, 0.2) is 18.2 Å². The summed E-state index contributed by atoms with van der Waals surface area (Å²) in [5.41, 5.74) is 3.76. The molecule has 5 rings (SSSR count). The molecule has 0 aliphatic heterocycles. The van der Waals surface area contributed by atoms with Gasteiger partial charge in [0.05, 0.1) is 19.9 Å². The molecule has 48 heavy (non-hydrogen) atoms. The molecule has 9 nitrogen and oxygen atoms in total. The average Bonchev–Trinajstić information content (AvgIpc) is 3.52. The minimum absolute atomic E-state index is 0.0333. The van der Waals surface area contributed by atoms with Crippen LogP contribution in [0.4, 0.5) is 10.5 Å². The van der Waals surface area contributed by atoms with Crippen LogP contribution >= 0.6 is 11.3 Å². The molecule has 0 spiro atoms. The number of anilines is 1. The summed E-state index contributed by atoms with van der Waals surface area (Å²) in [6, 6.07) is 10.7. The van der Waals surface area contributed by atoms with Crippen molar-refractivity contribution in [3.63, 3.8) is 0 Å². The van der Waals surface area contributed by atoms with E-state index in [-0.39, 0.29) is 15.9 Å². The molecule has 4 atom stereocenters. The standard InChI is InChI=1S/C36H52N4O5S2Si/c1-23(25-13-14-25)29-20-17-27-11-10-12-30(27)32(29)38-34(41)40-47(43,39-24(2)26-15-18-28(44-7)19-16-26)31-21-37-33(46-31)36(6,42)22-45-48(8,9)35(3,4)5/h15-21,23-25,42H,10-14,22H2,1-9H3,(H2,38,39,40,41,43). The van der Waals surface area contributed by atoms with Crippen molar-refractivity contribution in [3.8, 4) is 5.75 Å². The van der Waals surface area contributed by atoms with Crippen molar-refractivity contribution in [2.45, 2.75) is 114 Å². The third kappa shape index (κ3) is 8.05. The first-order chi connectivity index (χ1) is 22.4. The van der Waals surface area contributed by atoms with Crippen molar-refractivity contribution in [1.82, 2.24) is 9.71 Å². The number of aryl methyl sites for hydroxylation is 1. The maximum absolute atomic E-state index is 15.0. The Bertz CT molecular complexity index is 1750. The van der Waals surface area contributed by atoms with Crippen LogP contribution in [0.2, 0.25) is 18.1 Å². The second kappa shape index (κ2) is 14.0. The number of ether oxygens (including phenoxy) is 1. The molecule has 1 saturated carbocycles. The Morgan fingerprint density at radius 3 is 2.44 bits per heavy atom. The number of rotatable bonds is 12. The van der Waals surface area contributed by atoms with Gasteiger partial charge in [0, 0.05) is 11.7 Å². The second-order valence-corrected chi connectivity index (χ2v) is 23.1. The van der Waals surface area contributed by atoms with Gasteiger partial charge < -0.3 is 19.6 Å². The summed E-state index contributed by atoms with van der Waals surface area (Å²) in [5, 5.41) is 14.9. The van der Waals surface area contributed by atoms with Crippen LogP contribution in [-0.4, -0.2) is 42.4 Å². The number of methoxy groups -OCH3 is 1. The summed E-state index contributed by atoms with van der Waals surface area (Å²) in [5.74, 6) is 1.62. The fourth-order valence-corrected chi connectivity index (χ4v) is 9.92. The van der Waals surface area contributed by atoms with Crippen LogP contribution in [0.3, 0.4) is 0 Å². The van der Waals surface area contributed by atoms with E-state index in [1.54, 1.807) is 14.0 Å². The van der Waals surface area contributed by atoms with E-state index in [1.807, 2.05) is 31.2 Å². The zero-order valence-electron chi connectivity index (χ0n) is 29.8. The number of thiazole rings is 1. The van der Waals surface area contributed by atoms with E-state index in [2.05, 4.69) is 72.3 Å². The van der Waals surface area contributed by atoms with Gasteiger partial charge in [-0.3, -0.25) is 0 Å². The molecule has 3 aromatic rings. The smallest absolute Gasteiger partial charge is 0.354 e. The van der Waals surface area contributed by atoms with Crippen molar-refractivity contribution < 1.29 is 23.3 Å². The first-order valence-corrected chi connectivity index (χ1v) is 22.1. The SMILES string of the molecule is COc1ccc(C(C)NS(=O)(=NC(=O)Nc2c(C(C)C3CC3)ccc3c2CCC3)c2cnc(C(C)(O)CO[Si](C)(C)C(C)(C)C)s2)cc1. The van der Waals surface area contributed by atoms with Gasteiger partial charge in [-0.2, -0.15) is 0 Å². The maximum atomic E-state index is 15.0. The zero-order chi connectivity index (χ0) is 35.1. The highest BCUT2D eigenvalue weighted by atomic mass is 32.2. The number of urea groups is 1. The number of carbonyl (C=O) groups excluding carboxylic acids is 1. The van der Waals surface area contributed by atoms with Gasteiger partial charge in [-0.05, 0) is 110 Å². The summed E-state index contributed by atoms with van der Waals surface area (Å²) in [6.45, 7) is 16.5. The molecule has 0 bridgehead atoms. The number of amides is 2. The summed E-state index contributed by atoms with van der Waals surface area (Å²) >= 11 is 1.08.